The van der Waals surface area contributed by atoms with Crippen molar-refractivity contribution in [2.45, 2.75) is 0 Å². The molecule has 18 heavy (non-hydrogen) atoms. The molecule has 1 N–H and O–H groups in total. The molecule has 1 aromatic carbocycles. The first kappa shape index (κ1) is 12.3. The maximum Gasteiger partial charge on any atom is 0.116 e. The fraction of sp³-hybridized carbons (Fsp3) is 0. The standard InChI is InChI=1S/C14H9BrN2O/c15-13-8-11(6-7-14(13)17-18)12(9-16)10-4-2-1-3-5-10/h1-8,18H/b12-11-,17-14+. The Morgan fingerprint density at radius 3 is 2.50 bits per heavy atom. The van der Waals surface area contributed by atoms with E-state index in [-0.39, 0.29) is 0 Å². The molecular formula is C14H9BrN2O. The van der Waals surface area contributed by atoms with Gasteiger partial charge in [-0.25, -0.2) is 0 Å². The third kappa shape index (κ3) is 2.41. The van der Waals surface area contributed by atoms with Crippen LogP contribution in [0.5, 0.6) is 0 Å². The van der Waals surface area contributed by atoms with Crippen molar-refractivity contribution < 1.29 is 5.21 Å². The molecule has 0 fully saturated rings. The van der Waals surface area contributed by atoms with Crippen molar-refractivity contribution in [1.82, 2.24) is 0 Å². The van der Waals surface area contributed by atoms with Crippen LogP contribution in [0.2, 0.25) is 0 Å². The molecule has 0 spiro atoms. The SMILES string of the molecule is N#C/C(=C1C=C/C(=N\O)C(Br)=C\1)c1ccccc1. The van der Waals surface area contributed by atoms with Gasteiger partial charge in [0, 0.05) is 4.48 Å². The van der Waals surface area contributed by atoms with Gasteiger partial charge in [0.15, 0.2) is 0 Å². The van der Waals surface area contributed by atoms with Crippen molar-refractivity contribution in [2.24, 2.45) is 5.16 Å². The highest BCUT2D eigenvalue weighted by molar-refractivity contribution is 9.12. The summed E-state index contributed by atoms with van der Waals surface area (Å²) in [7, 11) is 0. The molecule has 4 heteroatoms. The Morgan fingerprint density at radius 2 is 1.94 bits per heavy atom. The van der Waals surface area contributed by atoms with Gasteiger partial charge in [0.05, 0.1) is 5.57 Å². The van der Waals surface area contributed by atoms with Crippen molar-refractivity contribution in [3.8, 4) is 6.07 Å². The minimum Gasteiger partial charge on any atom is -0.410 e. The molecule has 1 aliphatic rings. The second-order valence-corrected chi connectivity index (χ2v) is 4.47. The van der Waals surface area contributed by atoms with E-state index >= 15 is 0 Å². The van der Waals surface area contributed by atoms with Crippen molar-refractivity contribution >= 4 is 27.2 Å². The van der Waals surface area contributed by atoms with Crippen molar-refractivity contribution in [3.63, 3.8) is 0 Å². The Morgan fingerprint density at radius 1 is 1.22 bits per heavy atom. The summed E-state index contributed by atoms with van der Waals surface area (Å²) in [4.78, 5) is 0. The number of halogens is 1. The average Bonchev–Trinajstić information content (AvgIpc) is 2.41. The van der Waals surface area contributed by atoms with Gasteiger partial charge in [0.2, 0.25) is 0 Å². The summed E-state index contributed by atoms with van der Waals surface area (Å²) in [6, 6.07) is 11.7. The number of nitrogens with zero attached hydrogens (tertiary/aromatic N) is 2. The van der Waals surface area contributed by atoms with Crippen molar-refractivity contribution in [2.75, 3.05) is 0 Å². The number of hydrogen-bond acceptors (Lipinski definition) is 3. The highest BCUT2D eigenvalue weighted by Crippen LogP contribution is 2.26. The third-order valence-electron chi connectivity index (χ3n) is 2.52. The van der Waals surface area contributed by atoms with Gasteiger partial charge >= 0.3 is 0 Å². The summed E-state index contributed by atoms with van der Waals surface area (Å²) in [6.45, 7) is 0. The molecule has 0 bridgehead atoms. The first-order valence-electron chi connectivity index (χ1n) is 5.23. The minimum atomic E-state index is 0.434. The summed E-state index contributed by atoms with van der Waals surface area (Å²) in [5, 5.41) is 21.2. The van der Waals surface area contributed by atoms with Gasteiger partial charge in [-0.2, -0.15) is 5.26 Å². The van der Waals surface area contributed by atoms with Crippen LogP contribution >= 0.6 is 15.9 Å². The molecule has 0 saturated heterocycles. The summed E-state index contributed by atoms with van der Waals surface area (Å²) in [5.41, 5.74) is 2.66. The first-order chi connectivity index (χ1) is 8.76. The van der Waals surface area contributed by atoms with Crippen LogP contribution in [0, 0.1) is 11.3 Å². The summed E-state index contributed by atoms with van der Waals surface area (Å²) in [6.07, 6.45) is 5.17. The smallest absolute Gasteiger partial charge is 0.116 e. The summed E-state index contributed by atoms with van der Waals surface area (Å²) < 4.78 is 0.645. The quantitative estimate of drug-likeness (QED) is 0.489. The van der Waals surface area contributed by atoms with Crippen LogP contribution in [0.15, 0.2) is 63.8 Å². The van der Waals surface area contributed by atoms with Crippen LogP contribution in [-0.4, -0.2) is 10.9 Å². The molecule has 0 saturated carbocycles. The highest BCUT2D eigenvalue weighted by Gasteiger charge is 2.12. The molecule has 0 atom stereocenters. The van der Waals surface area contributed by atoms with E-state index in [1.807, 2.05) is 30.3 Å². The molecule has 0 aliphatic heterocycles. The van der Waals surface area contributed by atoms with Gasteiger partial charge in [0.1, 0.15) is 11.8 Å². The van der Waals surface area contributed by atoms with Crippen LogP contribution in [0.4, 0.5) is 0 Å². The minimum absolute atomic E-state index is 0.434. The number of nitriles is 1. The van der Waals surface area contributed by atoms with E-state index < -0.39 is 0 Å². The van der Waals surface area contributed by atoms with Gasteiger partial charge in [-0.1, -0.05) is 41.6 Å². The van der Waals surface area contributed by atoms with E-state index in [4.69, 9.17) is 5.21 Å². The maximum atomic E-state index is 9.28. The molecular weight excluding hydrogens is 292 g/mol. The predicted molar refractivity (Wildman–Crippen MR) is 74.3 cm³/mol. The Kier molecular flexibility index (Phi) is 3.75. The lowest BCUT2D eigenvalue weighted by Gasteiger charge is -2.08. The zero-order valence-electron chi connectivity index (χ0n) is 9.34. The van der Waals surface area contributed by atoms with Gasteiger partial charge in [-0.05, 0) is 39.2 Å². The first-order valence-corrected chi connectivity index (χ1v) is 6.03. The number of rotatable bonds is 1. The Hall–Kier alpha value is -2.12. The van der Waals surface area contributed by atoms with Crippen molar-refractivity contribution in [1.29, 1.82) is 5.26 Å². The molecule has 0 aromatic heterocycles. The zero-order chi connectivity index (χ0) is 13.0. The van der Waals surface area contributed by atoms with E-state index in [9.17, 15) is 5.26 Å². The molecule has 0 amide bonds. The molecule has 1 aliphatic carbocycles. The lowest BCUT2D eigenvalue weighted by molar-refractivity contribution is 0.320. The van der Waals surface area contributed by atoms with Crippen LogP contribution < -0.4 is 0 Å². The summed E-state index contributed by atoms with van der Waals surface area (Å²) >= 11 is 3.30. The monoisotopic (exact) mass is 300 g/mol. The molecule has 1 aromatic rings. The normalized spacial score (nSPS) is 19.3. The Labute approximate surface area is 113 Å². The molecule has 0 unspecified atom stereocenters. The fourth-order valence-corrected chi connectivity index (χ4v) is 2.10. The largest absolute Gasteiger partial charge is 0.410 e. The number of benzene rings is 1. The van der Waals surface area contributed by atoms with E-state index in [0.29, 0.717) is 15.8 Å². The number of allylic oxidation sites excluding steroid dienone is 6. The van der Waals surface area contributed by atoms with Crippen LogP contribution in [0.1, 0.15) is 5.56 Å². The lowest BCUT2D eigenvalue weighted by Crippen LogP contribution is -2.00. The molecule has 2 rings (SSSR count). The Balaban J connectivity index is 2.52. The van der Waals surface area contributed by atoms with Crippen LogP contribution in [-0.2, 0) is 0 Å². The lowest BCUT2D eigenvalue weighted by atomic mass is 9.97. The van der Waals surface area contributed by atoms with Crippen LogP contribution in [0.3, 0.4) is 0 Å². The van der Waals surface area contributed by atoms with Crippen molar-refractivity contribution in [3.05, 3.63) is 64.2 Å². The van der Waals surface area contributed by atoms with E-state index in [0.717, 1.165) is 11.1 Å². The van der Waals surface area contributed by atoms with E-state index in [2.05, 4.69) is 27.2 Å². The average molecular weight is 301 g/mol. The van der Waals surface area contributed by atoms with Gasteiger partial charge in [-0.15, -0.1) is 0 Å². The topological polar surface area (TPSA) is 56.4 Å². The second kappa shape index (κ2) is 5.48. The van der Waals surface area contributed by atoms with Gasteiger partial charge < -0.3 is 5.21 Å². The number of oxime groups is 1. The second-order valence-electron chi connectivity index (χ2n) is 3.62. The fourth-order valence-electron chi connectivity index (χ4n) is 1.64. The number of hydrogen-bond donors (Lipinski definition) is 1. The predicted octanol–water partition coefficient (Wildman–Crippen LogP) is 3.64. The molecule has 3 nitrogen and oxygen atoms in total. The van der Waals surface area contributed by atoms with Crippen LogP contribution in [0.25, 0.3) is 5.57 Å². The molecule has 0 heterocycles. The van der Waals surface area contributed by atoms with Gasteiger partial charge in [-0.3, -0.25) is 0 Å². The third-order valence-corrected chi connectivity index (χ3v) is 3.15. The zero-order valence-corrected chi connectivity index (χ0v) is 10.9. The highest BCUT2D eigenvalue weighted by atomic mass is 79.9. The van der Waals surface area contributed by atoms with E-state index in [1.54, 1.807) is 18.2 Å². The Bertz CT molecular complexity index is 619. The van der Waals surface area contributed by atoms with Gasteiger partial charge in [0.25, 0.3) is 0 Å². The molecule has 88 valence electrons. The molecule has 0 radical (unpaired) electrons. The summed E-state index contributed by atoms with van der Waals surface area (Å²) in [5.74, 6) is 0. The van der Waals surface area contributed by atoms with E-state index in [1.165, 1.54) is 0 Å². The maximum absolute atomic E-state index is 9.28.